The van der Waals surface area contributed by atoms with E-state index in [1.807, 2.05) is 27.7 Å². The Kier molecular flexibility index (Phi) is 12.0. The van der Waals surface area contributed by atoms with Crippen LogP contribution in [0.4, 0.5) is 0 Å². The molecule has 13 nitrogen and oxygen atoms in total. The highest BCUT2D eigenvalue weighted by molar-refractivity contribution is 5.82. The van der Waals surface area contributed by atoms with Crippen molar-refractivity contribution >= 4 is 5.78 Å². The summed E-state index contributed by atoms with van der Waals surface area (Å²) in [5.74, 6) is -0.574. The molecular weight excluding hydrogens is 700 g/mol. The summed E-state index contributed by atoms with van der Waals surface area (Å²) in [7, 11) is 0. The maximum Gasteiger partial charge on any atom is 0.187 e. The van der Waals surface area contributed by atoms with E-state index in [0.29, 0.717) is 44.9 Å². The highest BCUT2D eigenvalue weighted by Gasteiger charge is 2.73. The quantitative estimate of drug-likeness (QED) is 0.125. The standard InChI is InChI=1S/C41H68O13/c1-19(2)10-9-11-22(43)21-12-15-40(7)28(21)23(44)16-26-39(6)14-13-27(45)38(4,5)35(39)24(17-41(26,40)8)52-37-34(32(49)30(47)25(18-42)53-37)54-36-33(50)31(48)29(46)20(3)51-36/h10,20-21,23-37,42,44-50H,9,11-18H2,1-8H3/t20?,21?,23-,24+,25?,26?,27+,28?,29?,30?,31?,32?,33?,34?,35?,36?,37?,39-,40-,41-/m1/s1. The summed E-state index contributed by atoms with van der Waals surface area (Å²) >= 11 is 0. The van der Waals surface area contributed by atoms with Crippen molar-refractivity contribution in [3.8, 4) is 0 Å². The molecule has 2 heterocycles. The van der Waals surface area contributed by atoms with E-state index < -0.39 is 108 Å². The predicted octanol–water partition coefficient (Wildman–Crippen LogP) is 1.97. The van der Waals surface area contributed by atoms with Gasteiger partial charge in [-0.1, -0.05) is 46.3 Å². The maximum absolute atomic E-state index is 13.8. The molecule has 2 saturated heterocycles. The van der Waals surface area contributed by atoms with E-state index in [1.165, 1.54) is 12.5 Å². The van der Waals surface area contributed by atoms with Crippen LogP contribution in [0.15, 0.2) is 11.6 Å². The third-order valence-electron chi connectivity index (χ3n) is 15.8. The van der Waals surface area contributed by atoms with E-state index >= 15 is 0 Å². The lowest BCUT2D eigenvalue weighted by Gasteiger charge is -2.72. The zero-order valence-corrected chi connectivity index (χ0v) is 33.4. The van der Waals surface area contributed by atoms with E-state index in [0.717, 1.165) is 6.42 Å². The SMILES string of the molecule is CC(C)=CCCC(=O)C1CC[C@]2(C)C1[C@H](O)CC1[C@@]3(C)CC[C@H](O)C(C)(C)C3[C@@H](OC3OC(CO)C(O)C(O)C3OC3OC(C)C(O)C(O)C3O)C[C@]12C. The van der Waals surface area contributed by atoms with Crippen molar-refractivity contribution in [1.29, 1.82) is 0 Å². The Labute approximate surface area is 320 Å². The average Bonchev–Trinajstić information content (AvgIpc) is 3.48. The van der Waals surface area contributed by atoms with Crippen LogP contribution in [0.25, 0.3) is 0 Å². The number of rotatable bonds is 9. The number of fused-ring (bicyclic) bond motifs is 5. The summed E-state index contributed by atoms with van der Waals surface area (Å²) < 4.78 is 25.0. The molecule has 0 radical (unpaired) electrons. The molecule has 8 N–H and O–H groups in total. The van der Waals surface area contributed by atoms with Crippen molar-refractivity contribution in [3.63, 3.8) is 0 Å². The number of allylic oxidation sites excluding steroid dienone is 2. The van der Waals surface area contributed by atoms with Crippen LogP contribution in [-0.4, -0.2) is 133 Å². The molecule has 6 aliphatic rings. The normalized spacial score (nSPS) is 52.9. The molecule has 0 bridgehead atoms. The van der Waals surface area contributed by atoms with E-state index in [2.05, 4.69) is 26.8 Å². The first-order valence-corrected chi connectivity index (χ1v) is 20.3. The van der Waals surface area contributed by atoms with E-state index in [1.54, 1.807) is 0 Å². The van der Waals surface area contributed by atoms with Gasteiger partial charge < -0.3 is 59.8 Å². The number of aliphatic hydroxyl groups is 8. The summed E-state index contributed by atoms with van der Waals surface area (Å²) in [6, 6.07) is 0. The Bertz CT molecular complexity index is 1390. The zero-order chi connectivity index (χ0) is 39.9. The molecule has 14 unspecified atom stereocenters. The van der Waals surface area contributed by atoms with Crippen molar-refractivity contribution < 1.29 is 64.6 Å². The summed E-state index contributed by atoms with van der Waals surface area (Å²) in [5.41, 5.74) is -0.837. The second-order valence-electron chi connectivity index (χ2n) is 19.4. The van der Waals surface area contributed by atoms with Gasteiger partial charge in [0.25, 0.3) is 0 Å². The summed E-state index contributed by atoms with van der Waals surface area (Å²) in [6.07, 6.45) is -9.60. The van der Waals surface area contributed by atoms with Gasteiger partial charge in [0.1, 0.15) is 48.5 Å². The molecule has 0 aromatic heterocycles. The molecule has 6 rings (SSSR count). The van der Waals surface area contributed by atoms with Crippen LogP contribution >= 0.6 is 0 Å². The molecule has 0 aromatic rings. The van der Waals surface area contributed by atoms with Gasteiger partial charge in [-0.05, 0) is 99.2 Å². The monoisotopic (exact) mass is 768 g/mol. The lowest BCUT2D eigenvalue weighted by Crippen LogP contribution is -2.71. The first-order chi connectivity index (χ1) is 25.1. The number of carbonyl (C=O) groups is 1. The fourth-order valence-electron chi connectivity index (χ4n) is 12.8. The van der Waals surface area contributed by atoms with Crippen molar-refractivity contribution in [3.05, 3.63) is 11.6 Å². The first kappa shape index (κ1) is 42.5. The Hall–Kier alpha value is -1.07. The Morgan fingerprint density at radius 1 is 0.815 bits per heavy atom. The van der Waals surface area contributed by atoms with Crippen LogP contribution in [0.3, 0.4) is 0 Å². The number of hydrogen-bond donors (Lipinski definition) is 8. The molecule has 0 aromatic carbocycles. The number of Topliss-reactive ketones (excluding diaryl/α,β-unsaturated/α-hetero) is 1. The second kappa shape index (κ2) is 15.3. The first-order valence-electron chi connectivity index (χ1n) is 20.3. The molecule has 13 heteroatoms. The molecule has 310 valence electrons. The Morgan fingerprint density at radius 2 is 1.50 bits per heavy atom. The summed E-state index contributed by atoms with van der Waals surface area (Å²) in [4.78, 5) is 13.8. The minimum absolute atomic E-state index is 0.0227. The minimum atomic E-state index is -1.70. The fourth-order valence-corrected chi connectivity index (χ4v) is 12.8. The van der Waals surface area contributed by atoms with Crippen LogP contribution in [-0.2, 0) is 23.7 Å². The molecular formula is C41H68O13. The number of aliphatic hydroxyl groups excluding tert-OH is 8. The number of ether oxygens (including phenoxy) is 4. The van der Waals surface area contributed by atoms with Gasteiger partial charge in [0.2, 0.25) is 0 Å². The molecule has 4 saturated carbocycles. The van der Waals surface area contributed by atoms with Crippen molar-refractivity contribution in [2.75, 3.05) is 6.61 Å². The van der Waals surface area contributed by atoms with Crippen molar-refractivity contribution in [2.24, 2.45) is 45.3 Å². The van der Waals surface area contributed by atoms with Crippen LogP contribution in [0.5, 0.6) is 0 Å². The molecule has 4 aliphatic carbocycles. The highest BCUT2D eigenvalue weighted by atomic mass is 16.8. The molecule has 0 amide bonds. The van der Waals surface area contributed by atoms with Gasteiger partial charge >= 0.3 is 0 Å². The van der Waals surface area contributed by atoms with E-state index in [4.69, 9.17) is 18.9 Å². The van der Waals surface area contributed by atoms with E-state index in [9.17, 15) is 45.6 Å². The summed E-state index contributed by atoms with van der Waals surface area (Å²) in [6.45, 7) is 15.7. The van der Waals surface area contributed by atoms with E-state index in [-0.39, 0.29) is 29.5 Å². The fraction of sp³-hybridized carbons (Fsp3) is 0.927. The van der Waals surface area contributed by atoms with Crippen LogP contribution < -0.4 is 0 Å². The lowest BCUT2D eigenvalue weighted by molar-refractivity contribution is -0.381. The minimum Gasteiger partial charge on any atom is -0.394 e. The van der Waals surface area contributed by atoms with Gasteiger partial charge in [-0.2, -0.15) is 0 Å². The Balaban J connectivity index is 1.37. The molecule has 20 atom stereocenters. The van der Waals surface area contributed by atoms with Crippen LogP contribution in [0.2, 0.25) is 0 Å². The van der Waals surface area contributed by atoms with Gasteiger partial charge in [-0.15, -0.1) is 0 Å². The van der Waals surface area contributed by atoms with Crippen LogP contribution in [0, 0.1) is 45.3 Å². The topological polar surface area (TPSA) is 216 Å². The number of ketones is 1. The smallest absolute Gasteiger partial charge is 0.187 e. The molecule has 0 spiro atoms. The average molecular weight is 769 g/mol. The van der Waals surface area contributed by atoms with Gasteiger partial charge in [-0.25, -0.2) is 0 Å². The largest absolute Gasteiger partial charge is 0.394 e. The van der Waals surface area contributed by atoms with Gasteiger partial charge in [0, 0.05) is 18.3 Å². The molecule has 54 heavy (non-hydrogen) atoms. The number of hydrogen-bond acceptors (Lipinski definition) is 13. The van der Waals surface area contributed by atoms with Crippen molar-refractivity contribution in [2.45, 2.75) is 186 Å². The third kappa shape index (κ3) is 6.77. The lowest BCUT2D eigenvalue weighted by atomic mass is 9.34. The summed E-state index contributed by atoms with van der Waals surface area (Å²) in [5, 5.41) is 87.9. The zero-order valence-electron chi connectivity index (χ0n) is 33.4. The van der Waals surface area contributed by atoms with Crippen LogP contribution in [0.1, 0.15) is 107 Å². The molecule has 2 aliphatic heterocycles. The van der Waals surface area contributed by atoms with Gasteiger partial charge in [0.05, 0.1) is 31.0 Å². The Morgan fingerprint density at radius 3 is 2.15 bits per heavy atom. The van der Waals surface area contributed by atoms with Gasteiger partial charge in [-0.3, -0.25) is 4.79 Å². The van der Waals surface area contributed by atoms with Crippen molar-refractivity contribution in [1.82, 2.24) is 0 Å². The third-order valence-corrected chi connectivity index (χ3v) is 15.8. The maximum atomic E-state index is 13.8. The molecule has 6 fully saturated rings. The predicted molar refractivity (Wildman–Crippen MR) is 195 cm³/mol. The second-order valence-corrected chi connectivity index (χ2v) is 19.4. The number of carbonyl (C=O) groups excluding carboxylic acids is 1. The highest BCUT2D eigenvalue weighted by Crippen LogP contribution is 2.75. The van der Waals surface area contributed by atoms with Gasteiger partial charge in [0.15, 0.2) is 12.6 Å².